The average molecular weight is 297 g/mol. The Morgan fingerprint density at radius 3 is 2.52 bits per heavy atom. The van der Waals surface area contributed by atoms with Gasteiger partial charge in [0.25, 0.3) is 0 Å². The molecule has 0 unspecified atom stereocenters. The molecule has 21 heavy (non-hydrogen) atoms. The zero-order chi connectivity index (χ0) is 15.5. The quantitative estimate of drug-likeness (QED) is 0.911. The highest BCUT2D eigenvalue weighted by Gasteiger charge is 2.32. The van der Waals surface area contributed by atoms with Gasteiger partial charge in [-0.3, -0.25) is 4.79 Å². The normalized spacial score (nSPS) is 11.4. The fraction of sp³-hybridized carbons (Fsp3) is 0.286. The minimum atomic E-state index is -4.46. The lowest BCUT2D eigenvalue weighted by Gasteiger charge is -2.04. The number of aromatic amines is 1. The standard InChI is InChI=1S/C14H14F3N3O/c1-9-2-4-10(5-3-9)6-13(21)19-8-12-18-7-11(20-12)14(15,16)17/h2-5,7H,6,8H2,1H3,(H,18,20)(H,19,21). The number of rotatable bonds is 4. The third-order valence-electron chi connectivity index (χ3n) is 2.87. The van der Waals surface area contributed by atoms with Crippen LogP contribution in [0.25, 0.3) is 0 Å². The Labute approximate surface area is 119 Å². The van der Waals surface area contributed by atoms with Crippen LogP contribution in [0, 0.1) is 6.92 Å². The third kappa shape index (κ3) is 4.34. The predicted molar refractivity (Wildman–Crippen MR) is 70.3 cm³/mol. The van der Waals surface area contributed by atoms with E-state index in [9.17, 15) is 18.0 Å². The number of hydrogen-bond donors (Lipinski definition) is 2. The van der Waals surface area contributed by atoms with E-state index in [2.05, 4.69) is 15.3 Å². The maximum atomic E-state index is 12.4. The van der Waals surface area contributed by atoms with Gasteiger partial charge in [0.2, 0.25) is 5.91 Å². The first kappa shape index (κ1) is 15.1. The van der Waals surface area contributed by atoms with E-state index in [1.54, 1.807) is 0 Å². The molecule has 0 fully saturated rings. The Bertz CT molecular complexity index is 617. The molecule has 1 amide bonds. The summed E-state index contributed by atoms with van der Waals surface area (Å²) >= 11 is 0. The SMILES string of the molecule is Cc1ccc(CC(=O)NCc2ncc(C(F)(F)F)[nH]2)cc1. The van der Waals surface area contributed by atoms with E-state index in [-0.39, 0.29) is 24.7 Å². The first-order valence-corrected chi connectivity index (χ1v) is 6.28. The molecule has 0 aliphatic carbocycles. The van der Waals surface area contributed by atoms with Crippen molar-refractivity contribution in [2.45, 2.75) is 26.1 Å². The number of halogens is 3. The van der Waals surface area contributed by atoms with Gasteiger partial charge < -0.3 is 10.3 Å². The zero-order valence-corrected chi connectivity index (χ0v) is 11.3. The highest BCUT2D eigenvalue weighted by atomic mass is 19.4. The minimum absolute atomic E-state index is 0.0687. The van der Waals surface area contributed by atoms with Gasteiger partial charge in [0.15, 0.2) is 0 Å². The molecule has 1 aromatic carbocycles. The summed E-state index contributed by atoms with van der Waals surface area (Å²) in [5, 5.41) is 2.53. The Balaban J connectivity index is 1.86. The van der Waals surface area contributed by atoms with Gasteiger partial charge in [0, 0.05) is 0 Å². The van der Waals surface area contributed by atoms with E-state index >= 15 is 0 Å². The molecule has 4 nitrogen and oxygen atoms in total. The summed E-state index contributed by atoms with van der Waals surface area (Å²) in [6.07, 6.45) is -3.58. The summed E-state index contributed by atoms with van der Waals surface area (Å²) in [7, 11) is 0. The average Bonchev–Trinajstić information content (AvgIpc) is 2.88. The van der Waals surface area contributed by atoms with Crippen LogP contribution in [0.15, 0.2) is 30.5 Å². The van der Waals surface area contributed by atoms with Crippen molar-refractivity contribution in [2.75, 3.05) is 0 Å². The van der Waals surface area contributed by atoms with E-state index in [0.717, 1.165) is 11.1 Å². The third-order valence-corrected chi connectivity index (χ3v) is 2.87. The van der Waals surface area contributed by atoms with Crippen LogP contribution in [0.3, 0.4) is 0 Å². The molecule has 0 aliphatic rings. The van der Waals surface area contributed by atoms with Gasteiger partial charge in [-0.05, 0) is 12.5 Å². The first-order valence-electron chi connectivity index (χ1n) is 6.28. The molecule has 0 radical (unpaired) electrons. The molecule has 0 aliphatic heterocycles. The van der Waals surface area contributed by atoms with Crippen LogP contribution in [0.1, 0.15) is 22.6 Å². The molecule has 112 valence electrons. The van der Waals surface area contributed by atoms with Crippen LogP contribution in [-0.4, -0.2) is 15.9 Å². The Morgan fingerprint density at radius 2 is 1.95 bits per heavy atom. The molecule has 0 atom stereocenters. The van der Waals surface area contributed by atoms with Crippen LogP contribution in [0.2, 0.25) is 0 Å². The summed E-state index contributed by atoms with van der Waals surface area (Å²) < 4.78 is 37.1. The zero-order valence-electron chi connectivity index (χ0n) is 11.3. The lowest BCUT2D eigenvalue weighted by atomic mass is 10.1. The van der Waals surface area contributed by atoms with Crippen LogP contribution < -0.4 is 5.32 Å². The summed E-state index contributed by atoms with van der Waals surface area (Å²) in [5.74, 6) is -0.205. The molecule has 7 heteroatoms. The number of alkyl halides is 3. The molecule has 2 aromatic rings. The molecule has 1 heterocycles. The number of H-pyrrole nitrogens is 1. The minimum Gasteiger partial charge on any atom is -0.349 e. The largest absolute Gasteiger partial charge is 0.432 e. The van der Waals surface area contributed by atoms with Crippen molar-refractivity contribution in [3.63, 3.8) is 0 Å². The van der Waals surface area contributed by atoms with E-state index < -0.39 is 11.9 Å². The molecule has 2 N–H and O–H groups in total. The van der Waals surface area contributed by atoms with E-state index in [4.69, 9.17) is 0 Å². The van der Waals surface area contributed by atoms with E-state index in [1.165, 1.54) is 0 Å². The van der Waals surface area contributed by atoms with Crippen LogP contribution >= 0.6 is 0 Å². The monoisotopic (exact) mass is 297 g/mol. The molecule has 0 saturated carbocycles. The number of benzene rings is 1. The molecule has 2 rings (SSSR count). The Morgan fingerprint density at radius 1 is 1.29 bits per heavy atom. The van der Waals surface area contributed by atoms with Gasteiger partial charge >= 0.3 is 6.18 Å². The first-order chi connectivity index (χ1) is 9.84. The van der Waals surface area contributed by atoms with E-state index in [0.29, 0.717) is 6.20 Å². The highest BCUT2D eigenvalue weighted by molar-refractivity contribution is 5.78. The molecule has 0 bridgehead atoms. The number of hydrogen-bond acceptors (Lipinski definition) is 2. The summed E-state index contributed by atoms with van der Waals surface area (Å²) in [6.45, 7) is 1.87. The number of amides is 1. The number of carbonyl (C=O) groups excluding carboxylic acids is 1. The van der Waals surface area contributed by atoms with Crippen LogP contribution in [-0.2, 0) is 23.9 Å². The van der Waals surface area contributed by atoms with E-state index in [1.807, 2.05) is 31.2 Å². The van der Waals surface area contributed by atoms with Crippen LogP contribution in [0.5, 0.6) is 0 Å². The second-order valence-corrected chi connectivity index (χ2v) is 4.68. The van der Waals surface area contributed by atoms with Crippen molar-refractivity contribution in [2.24, 2.45) is 0 Å². The predicted octanol–water partition coefficient (Wildman–Crippen LogP) is 2.60. The fourth-order valence-corrected chi connectivity index (χ4v) is 1.73. The van der Waals surface area contributed by atoms with Gasteiger partial charge in [-0.15, -0.1) is 0 Å². The highest BCUT2D eigenvalue weighted by Crippen LogP contribution is 2.27. The number of nitrogens with one attached hydrogen (secondary N) is 2. The summed E-state index contributed by atoms with van der Waals surface area (Å²) in [6, 6.07) is 7.46. The molecule has 0 saturated heterocycles. The van der Waals surface area contributed by atoms with Gasteiger partial charge in [0.05, 0.1) is 19.2 Å². The van der Waals surface area contributed by atoms with Crippen LogP contribution in [0.4, 0.5) is 13.2 Å². The van der Waals surface area contributed by atoms with Gasteiger partial charge in [-0.25, -0.2) is 4.98 Å². The summed E-state index contributed by atoms with van der Waals surface area (Å²) in [5.41, 5.74) is 1.01. The number of carbonyl (C=O) groups is 1. The Kier molecular flexibility index (Phi) is 4.30. The molecular formula is C14H14F3N3O. The van der Waals surface area contributed by atoms with Crippen molar-refractivity contribution in [1.29, 1.82) is 0 Å². The van der Waals surface area contributed by atoms with Crippen molar-refractivity contribution in [3.05, 3.63) is 53.1 Å². The van der Waals surface area contributed by atoms with Crippen molar-refractivity contribution >= 4 is 5.91 Å². The molecular weight excluding hydrogens is 283 g/mol. The van der Waals surface area contributed by atoms with Gasteiger partial charge in [-0.1, -0.05) is 29.8 Å². The summed E-state index contributed by atoms with van der Waals surface area (Å²) in [4.78, 5) is 17.4. The molecule has 0 spiro atoms. The molecule has 1 aromatic heterocycles. The maximum Gasteiger partial charge on any atom is 0.432 e. The van der Waals surface area contributed by atoms with Gasteiger partial charge in [-0.2, -0.15) is 13.2 Å². The van der Waals surface area contributed by atoms with Crippen molar-refractivity contribution in [1.82, 2.24) is 15.3 Å². The second-order valence-electron chi connectivity index (χ2n) is 4.68. The lowest BCUT2D eigenvalue weighted by Crippen LogP contribution is -2.25. The number of aromatic nitrogens is 2. The number of imidazole rings is 1. The topological polar surface area (TPSA) is 57.8 Å². The lowest BCUT2D eigenvalue weighted by molar-refractivity contribution is -0.140. The maximum absolute atomic E-state index is 12.4. The smallest absolute Gasteiger partial charge is 0.349 e. The van der Waals surface area contributed by atoms with Crippen molar-refractivity contribution in [3.8, 4) is 0 Å². The van der Waals surface area contributed by atoms with Crippen molar-refractivity contribution < 1.29 is 18.0 Å². The number of nitrogens with zero attached hydrogens (tertiary/aromatic N) is 1. The Hall–Kier alpha value is -2.31. The van der Waals surface area contributed by atoms with Gasteiger partial charge in [0.1, 0.15) is 11.5 Å². The second kappa shape index (κ2) is 5.99. The number of aryl methyl sites for hydroxylation is 1. The fourth-order valence-electron chi connectivity index (χ4n) is 1.73.